The van der Waals surface area contributed by atoms with E-state index in [2.05, 4.69) is 10.6 Å². The molecule has 2 aromatic rings. The van der Waals surface area contributed by atoms with E-state index in [-0.39, 0.29) is 22.9 Å². The molecule has 0 aliphatic rings. The van der Waals surface area contributed by atoms with Gasteiger partial charge in [0.05, 0.1) is 28.5 Å². The van der Waals surface area contributed by atoms with E-state index >= 15 is 0 Å². The Morgan fingerprint density at radius 1 is 1.17 bits per heavy atom. The fourth-order valence-corrected chi connectivity index (χ4v) is 3.39. The van der Waals surface area contributed by atoms with Gasteiger partial charge in [-0.05, 0) is 30.3 Å². The van der Waals surface area contributed by atoms with Crippen molar-refractivity contribution in [1.29, 1.82) is 0 Å². The van der Waals surface area contributed by atoms with Crippen molar-refractivity contribution < 1.29 is 27.5 Å². The lowest BCUT2D eigenvalue weighted by Crippen LogP contribution is -2.28. The van der Waals surface area contributed by atoms with E-state index in [1.165, 1.54) is 19.2 Å². The number of hydrogen-bond acceptors (Lipinski definition) is 4. The molecule has 2 amide bonds. The first kappa shape index (κ1) is 23.1. The number of halogens is 4. The molecule has 0 aliphatic carbocycles. The van der Waals surface area contributed by atoms with Crippen LogP contribution < -0.4 is 10.6 Å². The average Bonchev–Trinajstić information content (AvgIpc) is 2.67. The number of ether oxygens (including phenoxy) is 1. The van der Waals surface area contributed by atoms with Crippen LogP contribution in [0.4, 0.5) is 18.9 Å². The molecule has 0 saturated carbocycles. The van der Waals surface area contributed by atoms with Gasteiger partial charge in [0.15, 0.2) is 0 Å². The number of methoxy groups -OCH3 is 1. The van der Waals surface area contributed by atoms with Crippen LogP contribution in [0, 0.1) is 0 Å². The SMILES string of the molecule is COCCNC(=O)CSc1ccccc1C(=O)Nc1ccc(Cl)c(C(F)(F)F)c1. The first-order valence-corrected chi connectivity index (χ1v) is 9.74. The highest BCUT2D eigenvalue weighted by Crippen LogP contribution is 2.36. The fraction of sp³-hybridized carbons (Fsp3) is 0.263. The fourth-order valence-electron chi connectivity index (χ4n) is 2.29. The topological polar surface area (TPSA) is 67.4 Å². The van der Waals surface area contributed by atoms with Gasteiger partial charge in [-0.15, -0.1) is 11.8 Å². The van der Waals surface area contributed by atoms with Crippen molar-refractivity contribution in [3.63, 3.8) is 0 Å². The lowest BCUT2D eigenvalue weighted by Gasteiger charge is -2.13. The van der Waals surface area contributed by atoms with Gasteiger partial charge in [0, 0.05) is 24.2 Å². The largest absolute Gasteiger partial charge is 0.417 e. The Labute approximate surface area is 175 Å². The molecule has 0 radical (unpaired) electrons. The quantitative estimate of drug-likeness (QED) is 0.464. The molecule has 0 fully saturated rings. The molecule has 5 nitrogen and oxygen atoms in total. The molecule has 29 heavy (non-hydrogen) atoms. The van der Waals surface area contributed by atoms with Gasteiger partial charge in [-0.25, -0.2) is 0 Å². The second-order valence-electron chi connectivity index (χ2n) is 5.77. The van der Waals surface area contributed by atoms with Gasteiger partial charge in [-0.3, -0.25) is 9.59 Å². The van der Waals surface area contributed by atoms with Crippen LogP contribution in [0.5, 0.6) is 0 Å². The Morgan fingerprint density at radius 2 is 1.90 bits per heavy atom. The Kier molecular flexibility index (Phi) is 8.36. The van der Waals surface area contributed by atoms with Crippen LogP contribution in [0.25, 0.3) is 0 Å². The summed E-state index contributed by atoms with van der Waals surface area (Å²) in [6, 6.07) is 9.65. The molecule has 0 saturated heterocycles. The van der Waals surface area contributed by atoms with Crippen molar-refractivity contribution in [2.24, 2.45) is 0 Å². The predicted octanol–water partition coefficient (Wildman–Crippen LogP) is 4.47. The molecule has 0 aliphatic heterocycles. The van der Waals surface area contributed by atoms with Crippen molar-refractivity contribution in [2.75, 3.05) is 31.3 Å². The zero-order valence-electron chi connectivity index (χ0n) is 15.3. The minimum Gasteiger partial charge on any atom is -0.383 e. The smallest absolute Gasteiger partial charge is 0.383 e. The lowest BCUT2D eigenvalue weighted by molar-refractivity contribution is -0.137. The summed E-state index contributed by atoms with van der Waals surface area (Å²) in [5.74, 6) is -0.745. The van der Waals surface area contributed by atoms with Crippen LogP contribution >= 0.6 is 23.4 Å². The molecule has 10 heteroatoms. The molecule has 0 atom stereocenters. The minimum absolute atomic E-state index is 0.0381. The van der Waals surface area contributed by atoms with E-state index in [0.717, 1.165) is 23.9 Å². The number of anilines is 1. The summed E-state index contributed by atoms with van der Waals surface area (Å²) in [5.41, 5.74) is -0.832. The summed E-state index contributed by atoms with van der Waals surface area (Å²) in [6.07, 6.45) is -4.64. The number of thioether (sulfide) groups is 1. The van der Waals surface area contributed by atoms with Gasteiger partial charge in [0.1, 0.15) is 0 Å². The zero-order chi connectivity index (χ0) is 21.4. The second-order valence-corrected chi connectivity index (χ2v) is 7.20. The maximum atomic E-state index is 13.0. The molecule has 0 heterocycles. The Hall–Kier alpha value is -2.23. The van der Waals surface area contributed by atoms with Crippen molar-refractivity contribution in [3.8, 4) is 0 Å². The summed E-state index contributed by atoms with van der Waals surface area (Å²) in [5, 5.41) is 4.65. The zero-order valence-corrected chi connectivity index (χ0v) is 16.9. The Balaban J connectivity index is 2.09. The summed E-state index contributed by atoms with van der Waals surface area (Å²) in [4.78, 5) is 24.9. The number of nitrogens with one attached hydrogen (secondary N) is 2. The van der Waals surface area contributed by atoms with Crippen molar-refractivity contribution in [2.45, 2.75) is 11.1 Å². The van der Waals surface area contributed by atoms with Crippen LogP contribution in [0.1, 0.15) is 15.9 Å². The number of rotatable bonds is 8. The maximum Gasteiger partial charge on any atom is 0.417 e. The third-order valence-corrected chi connectivity index (χ3v) is 5.05. The summed E-state index contributed by atoms with van der Waals surface area (Å²) in [7, 11) is 1.52. The van der Waals surface area contributed by atoms with Crippen LogP contribution in [0.3, 0.4) is 0 Å². The van der Waals surface area contributed by atoms with E-state index in [4.69, 9.17) is 16.3 Å². The molecule has 156 valence electrons. The molecule has 2 rings (SSSR count). The van der Waals surface area contributed by atoms with Gasteiger partial charge in [0.2, 0.25) is 5.91 Å². The number of carbonyl (C=O) groups excluding carboxylic acids is 2. The minimum atomic E-state index is -4.64. The van der Waals surface area contributed by atoms with Crippen LogP contribution in [-0.2, 0) is 15.7 Å². The van der Waals surface area contributed by atoms with Crippen LogP contribution in [0.2, 0.25) is 5.02 Å². The first-order valence-electron chi connectivity index (χ1n) is 8.38. The predicted molar refractivity (Wildman–Crippen MR) is 106 cm³/mol. The molecule has 2 N–H and O–H groups in total. The van der Waals surface area contributed by atoms with E-state index in [1.54, 1.807) is 18.2 Å². The molecule has 0 unspecified atom stereocenters. The standard InChI is InChI=1S/C19H18ClF3N2O3S/c1-28-9-8-24-17(26)11-29-16-5-3-2-4-13(16)18(27)25-12-6-7-15(20)14(10-12)19(21,22)23/h2-7,10H,8-9,11H2,1H3,(H,24,26)(H,25,27). The van der Waals surface area contributed by atoms with Gasteiger partial charge in [-0.1, -0.05) is 23.7 Å². The van der Waals surface area contributed by atoms with Crippen molar-refractivity contribution in [3.05, 3.63) is 58.6 Å². The number of benzene rings is 2. The number of alkyl halides is 3. The van der Waals surface area contributed by atoms with Crippen LogP contribution in [-0.4, -0.2) is 37.8 Å². The third kappa shape index (κ3) is 6.95. The van der Waals surface area contributed by atoms with E-state index in [9.17, 15) is 22.8 Å². The average molecular weight is 447 g/mol. The van der Waals surface area contributed by atoms with Crippen molar-refractivity contribution >= 4 is 40.9 Å². The van der Waals surface area contributed by atoms with E-state index in [1.807, 2.05) is 0 Å². The normalized spacial score (nSPS) is 11.2. The molecule has 0 aromatic heterocycles. The second kappa shape index (κ2) is 10.5. The van der Waals surface area contributed by atoms with Gasteiger partial charge in [0.25, 0.3) is 5.91 Å². The highest BCUT2D eigenvalue weighted by atomic mass is 35.5. The van der Waals surface area contributed by atoms with Crippen molar-refractivity contribution in [1.82, 2.24) is 5.32 Å². The van der Waals surface area contributed by atoms with E-state index < -0.39 is 22.7 Å². The first-order chi connectivity index (χ1) is 13.7. The number of carbonyl (C=O) groups is 2. The molecular formula is C19H18ClF3N2O3S. The molecular weight excluding hydrogens is 429 g/mol. The summed E-state index contributed by atoms with van der Waals surface area (Å²) < 4.78 is 43.8. The lowest BCUT2D eigenvalue weighted by atomic mass is 10.1. The Bertz CT molecular complexity index is 878. The number of amides is 2. The maximum absolute atomic E-state index is 13.0. The van der Waals surface area contributed by atoms with E-state index in [0.29, 0.717) is 18.0 Å². The Morgan fingerprint density at radius 3 is 2.59 bits per heavy atom. The molecule has 0 spiro atoms. The molecule has 0 bridgehead atoms. The van der Waals surface area contributed by atoms with Gasteiger partial charge in [-0.2, -0.15) is 13.2 Å². The highest BCUT2D eigenvalue weighted by molar-refractivity contribution is 8.00. The monoisotopic (exact) mass is 446 g/mol. The third-order valence-electron chi connectivity index (χ3n) is 3.65. The highest BCUT2D eigenvalue weighted by Gasteiger charge is 2.33. The number of hydrogen-bond donors (Lipinski definition) is 2. The molecule has 2 aromatic carbocycles. The van der Waals surface area contributed by atoms with Gasteiger partial charge < -0.3 is 15.4 Å². The van der Waals surface area contributed by atoms with Gasteiger partial charge >= 0.3 is 6.18 Å². The summed E-state index contributed by atoms with van der Waals surface area (Å²) in [6.45, 7) is 0.756. The summed E-state index contributed by atoms with van der Waals surface area (Å²) >= 11 is 6.74. The van der Waals surface area contributed by atoms with Crippen LogP contribution in [0.15, 0.2) is 47.4 Å².